The van der Waals surface area contributed by atoms with Crippen LogP contribution in [-0.2, 0) is 0 Å². The lowest BCUT2D eigenvalue weighted by molar-refractivity contribution is 0.206. The molecular formula is C8H19N3O. The largest absolute Gasteiger partial charge is 0.334 e. The lowest BCUT2D eigenvalue weighted by Crippen LogP contribution is -2.45. The molecule has 0 aliphatic rings. The Kier molecular flexibility index (Phi) is 5.45. The molecular weight excluding hydrogens is 154 g/mol. The summed E-state index contributed by atoms with van der Waals surface area (Å²) in [7, 11) is 1.76. The molecule has 0 aromatic rings. The van der Waals surface area contributed by atoms with Gasteiger partial charge in [-0.1, -0.05) is 6.92 Å². The number of nitrogens with one attached hydrogen (secondary N) is 1. The number of carbonyl (C=O) groups excluding carboxylic acids is 1. The molecule has 4 heteroatoms. The van der Waals surface area contributed by atoms with Crippen LogP contribution in [0.25, 0.3) is 0 Å². The van der Waals surface area contributed by atoms with Crippen molar-refractivity contribution in [2.45, 2.75) is 26.3 Å². The van der Waals surface area contributed by atoms with E-state index in [2.05, 4.69) is 5.32 Å². The van der Waals surface area contributed by atoms with Crippen LogP contribution in [0.5, 0.6) is 0 Å². The molecule has 2 amide bonds. The highest BCUT2D eigenvalue weighted by Crippen LogP contribution is 1.90. The first-order chi connectivity index (χ1) is 5.65. The maximum atomic E-state index is 11.3. The third-order valence-electron chi connectivity index (χ3n) is 1.93. The van der Waals surface area contributed by atoms with Crippen LogP contribution >= 0.6 is 0 Å². The van der Waals surface area contributed by atoms with Crippen molar-refractivity contribution < 1.29 is 4.79 Å². The normalized spacial score (nSPS) is 12.3. The first-order valence-corrected chi connectivity index (χ1v) is 4.37. The summed E-state index contributed by atoms with van der Waals surface area (Å²) in [4.78, 5) is 12.9. The van der Waals surface area contributed by atoms with Gasteiger partial charge in [0.15, 0.2) is 0 Å². The summed E-state index contributed by atoms with van der Waals surface area (Å²) in [6, 6.07) is 0.0568. The van der Waals surface area contributed by atoms with Gasteiger partial charge in [0.1, 0.15) is 0 Å². The summed E-state index contributed by atoms with van der Waals surface area (Å²) in [5, 5.41) is 2.83. The van der Waals surface area contributed by atoms with Crippen molar-refractivity contribution in [3.05, 3.63) is 0 Å². The number of nitrogens with two attached hydrogens (primary N) is 1. The second-order valence-corrected chi connectivity index (χ2v) is 2.80. The first-order valence-electron chi connectivity index (χ1n) is 4.37. The molecule has 0 rings (SSSR count). The van der Waals surface area contributed by atoms with E-state index in [1.54, 1.807) is 11.9 Å². The Morgan fingerprint density at radius 3 is 2.50 bits per heavy atom. The predicted octanol–water partition coefficient (Wildman–Crippen LogP) is 0.385. The zero-order valence-corrected chi connectivity index (χ0v) is 8.13. The van der Waals surface area contributed by atoms with Gasteiger partial charge in [-0.3, -0.25) is 0 Å². The van der Waals surface area contributed by atoms with Gasteiger partial charge in [-0.05, 0) is 13.3 Å². The van der Waals surface area contributed by atoms with Gasteiger partial charge in [0, 0.05) is 26.2 Å². The van der Waals surface area contributed by atoms with Gasteiger partial charge >= 0.3 is 6.03 Å². The van der Waals surface area contributed by atoms with Crippen LogP contribution in [0.2, 0.25) is 0 Å². The molecule has 1 unspecified atom stereocenters. The van der Waals surface area contributed by atoms with Gasteiger partial charge in [-0.15, -0.1) is 0 Å². The number of hydrogen-bond acceptors (Lipinski definition) is 2. The molecule has 0 saturated heterocycles. The molecule has 0 fully saturated rings. The molecule has 3 N–H and O–H groups in total. The molecule has 0 aliphatic carbocycles. The van der Waals surface area contributed by atoms with Crippen LogP contribution < -0.4 is 11.1 Å². The molecule has 0 radical (unpaired) electrons. The molecule has 4 nitrogen and oxygen atoms in total. The lowest BCUT2D eigenvalue weighted by atomic mass is 10.2. The van der Waals surface area contributed by atoms with E-state index >= 15 is 0 Å². The molecule has 12 heavy (non-hydrogen) atoms. The maximum Gasteiger partial charge on any atom is 0.317 e. The highest BCUT2D eigenvalue weighted by molar-refractivity contribution is 5.74. The molecule has 0 saturated carbocycles. The highest BCUT2D eigenvalue weighted by Gasteiger charge is 2.10. The van der Waals surface area contributed by atoms with Gasteiger partial charge in [0.05, 0.1) is 0 Å². The van der Waals surface area contributed by atoms with E-state index in [1.807, 2.05) is 13.8 Å². The third kappa shape index (κ3) is 3.57. The van der Waals surface area contributed by atoms with Gasteiger partial charge in [-0.25, -0.2) is 4.79 Å². The van der Waals surface area contributed by atoms with E-state index in [0.717, 1.165) is 6.42 Å². The molecule has 0 heterocycles. The number of amides is 2. The Morgan fingerprint density at radius 2 is 2.17 bits per heavy atom. The minimum Gasteiger partial charge on any atom is -0.334 e. The van der Waals surface area contributed by atoms with Crippen LogP contribution in [0.4, 0.5) is 4.79 Å². The average Bonchev–Trinajstić information content (AvgIpc) is 2.12. The van der Waals surface area contributed by atoms with Crippen LogP contribution in [-0.4, -0.2) is 37.1 Å². The molecule has 0 aliphatic heterocycles. The Bertz CT molecular complexity index is 134. The Hall–Kier alpha value is -0.770. The zero-order chi connectivity index (χ0) is 9.56. The van der Waals surface area contributed by atoms with Gasteiger partial charge < -0.3 is 16.0 Å². The minimum absolute atomic E-state index is 0.0465. The first kappa shape index (κ1) is 11.2. The molecule has 0 spiro atoms. The fourth-order valence-electron chi connectivity index (χ4n) is 0.756. The summed E-state index contributed by atoms with van der Waals surface area (Å²) in [5.74, 6) is 0. The third-order valence-corrected chi connectivity index (χ3v) is 1.93. The van der Waals surface area contributed by atoms with Crippen LogP contribution in [0.1, 0.15) is 20.3 Å². The number of urea groups is 1. The molecule has 0 aromatic heterocycles. The Labute approximate surface area is 74.1 Å². The van der Waals surface area contributed by atoms with Crippen molar-refractivity contribution in [3.8, 4) is 0 Å². The summed E-state index contributed by atoms with van der Waals surface area (Å²) in [6.07, 6.45) is 0.875. The summed E-state index contributed by atoms with van der Waals surface area (Å²) in [5.41, 5.74) is 5.44. The SMILES string of the molecule is CCC(CN)NC(=O)N(C)CC. The van der Waals surface area contributed by atoms with E-state index in [-0.39, 0.29) is 12.1 Å². The van der Waals surface area contributed by atoms with Crippen molar-refractivity contribution in [3.63, 3.8) is 0 Å². The topological polar surface area (TPSA) is 58.4 Å². The predicted molar refractivity (Wildman–Crippen MR) is 50.0 cm³/mol. The monoisotopic (exact) mass is 173 g/mol. The van der Waals surface area contributed by atoms with E-state index in [1.165, 1.54) is 0 Å². The number of rotatable bonds is 4. The van der Waals surface area contributed by atoms with Crippen LogP contribution in [0.15, 0.2) is 0 Å². The Balaban J connectivity index is 3.81. The average molecular weight is 173 g/mol. The van der Waals surface area contributed by atoms with E-state index < -0.39 is 0 Å². The summed E-state index contributed by atoms with van der Waals surface area (Å²) >= 11 is 0. The van der Waals surface area contributed by atoms with E-state index in [9.17, 15) is 4.79 Å². The fraction of sp³-hybridized carbons (Fsp3) is 0.875. The Morgan fingerprint density at radius 1 is 1.58 bits per heavy atom. The quantitative estimate of drug-likeness (QED) is 0.646. The second kappa shape index (κ2) is 5.83. The number of nitrogens with zero attached hydrogens (tertiary/aromatic N) is 1. The zero-order valence-electron chi connectivity index (χ0n) is 8.13. The van der Waals surface area contributed by atoms with Gasteiger partial charge in [-0.2, -0.15) is 0 Å². The number of carbonyl (C=O) groups is 1. The molecule has 72 valence electrons. The van der Waals surface area contributed by atoms with Gasteiger partial charge in [0.25, 0.3) is 0 Å². The van der Waals surface area contributed by atoms with Gasteiger partial charge in [0.2, 0.25) is 0 Å². The van der Waals surface area contributed by atoms with Crippen molar-refractivity contribution in [2.75, 3.05) is 20.1 Å². The lowest BCUT2D eigenvalue weighted by Gasteiger charge is -2.20. The number of hydrogen-bond donors (Lipinski definition) is 2. The van der Waals surface area contributed by atoms with Crippen LogP contribution in [0.3, 0.4) is 0 Å². The minimum atomic E-state index is -0.0465. The van der Waals surface area contributed by atoms with Crippen LogP contribution in [0, 0.1) is 0 Å². The van der Waals surface area contributed by atoms with E-state index in [0.29, 0.717) is 13.1 Å². The molecule has 0 bridgehead atoms. The molecule has 1 atom stereocenters. The van der Waals surface area contributed by atoms with Crippen molar-refractivity contribution in [1.29, 1.82) is 0 Å². The molecule has 0 aromatic carbocycles. The van der Waals surface area contributed by atoms with Crippen molar-refractivity contribution in [2.24, 2.45) is 5.73 Å². The summed E-state index contributed by atoms with van der Waals surface area (Å²) < 4.78 is 0. The maximum absolute atomic E-state index is 11.3. The van der Waals surface area contributed by atoms with Crippen molar-refractivity contribution >= 4 is 6.03 Å². The van der Waals surface area contributed by atoms with Crippen molar-refractivity contribution in [1.82, 2.24) is 10.2 Å². The fourth-order valence-corrected chi connectivity index (χ4v) is 0.756. The standard InChI is InChI=1S/C8H19N3O/c1-4-7(6-9)10-8(12)11(3)5-2/h7H,4-6,9H2,1-3H3,(H,10,12). The highest BCUT2D eigenvalue weighted by atomic mass is 16.2. The second-order valence-electron chi connectivity index (χ2n) is 2.80. The smallest absolute Gasteiger partial charge is 0.317 e. The van der Waals surface area contributed by atoms with E-state index in [4.69, 9.17) is 5.73 Å². The summed E-state index contributed by atoms with van der Waals surface area (Å²) in [6.45, 7) is 5.15.